The van der Waals surface area contributed by atoms with Gasteiger partial charge in [0, 0.05) is 0 Å². The molecule has 0 saturated heterocycles. The lowest BCUT2D eigenvalue weighted by Crippen LogP contribution is -2.01. The molecule has 13 heavy (non-hydrogen) atoms. The quantitative estimate of drug-likeness (QED) is 0.505. The summed E-state index contributed by atoms with van der Waals surface area (Å²) >= 11 is 0. The molecule has 4 N–H and O–H groups in total. The maximum atomic E-state index is 9.19. The minimum absolute atomic E-state index is 0.0117. The lowest BCUT2D eigenvalue weighted by atomic mass is 10.3. The summed E-state index contributed by atoms with van der Waals surface area (Å²) in [5.41, 5.74) is 0. The molecule has 0 atom stereocenters. The minimum atomic E-state index is -0.629. The van der Waals surface area contributed by atoms with E-state index < -0.39 is 17.2 Å². The summed E-state index contributed by atoms with van der Waals surface area (Å²) in [7, 11) is 0. The SMILES string of the molecule is OCCOc1ccc(O)c(O)c1O. The number of ether oxygens (including phenoxy) is 1. The highest BCUT2D eigenvalue weighted by molar-refractivity contribution is 5.56. The van der Waals surface area contributed by atoms with Gasteiger partial charge in [0.25, 0.3) is 0 Å². The van der Waals surface area contributed by atoms with Crippen LogP contribution in [-0.2, 0) is 0 Å². The molecule has 1 aromatic carbocycles. The minimum Gasteiger partial charge on any atom is -0.504 e. The zero-order valence-corrected chi connectivity index (χ0v) is 6.77. The van der Waals surface area contributed by atoms with Gasteiger partial charge in [-0.25, -0.2) is 0 Å². The van der Waals surface area contributed by atoms with Crippen molar-refractivity contribution in [3.63, 3.8) is 0 Å². The molecule has 0 bridgehead atoms. The van der Waals surface area contributed by atoms with Gasteiger partial charge in [-0.3, -0.25) is 0 Å². The average Bonchev–Trinajstić information content (AvgIpc) is 2.13. The molecule has 1 aromatic rings. The van der Waals surface area contributed by atoms with Crippen LogP contribution in [0.5, 0.6) is 23.0 Å². The highest BCUT2D eigenvalue weighted by Crippen LogP contribution is 2.41. The van der Waals surface area contributed by atoms with Gasteiger partial charge in [-0.15, -0.1) is 0 Å². The van der Waals surface area contributed by atoms with E-state index in [-0.39, 0.29) is 19.0 Å². The molecular formula is C8H10O5. The first-order valence-corrected chi connectivity index (χ1v) is 3.64. The van der Waals surface area contributed by atoms with Crippen LogP contribution < -0.4 is 4.74 Å². The van der Waals surface area contributed by atoms with Gasteiger partial charge in [-0.05, 0) is 12.1 Å². The van der Waals surface area contributed by atoms with Crippen LogP contribution in [0.1, 0.15) is 0 Å². The summed E-state index contributed by atoms with van der Waals surface area (Å²) in [6, 6.07) is 2.47. The molecule has 0 spiro atoms. The lowest BCUT2D eigenvalue weighted by molar-refractivity contribution is 0.195. The van der Waals surface area contributed by atoms with Gasteiger partial charge < -0.3 is 25.2 Å². The Labute approximate surface area is 74.5 Å². The van der Waals surface area contributed by atoms with E-state index >= 15 is 0 Å². The van der Waals surface area contributed by atoms with Crippen LogP contribution in [0.2, 0.25) is 0 Å². The second-order valence-electron chi connectivity index (χ2n) is 2.35. The summed E-state index contributed by atoms with van der Waals surface area (Å²) in [6.45, 7) is -0.182. The van der Waals surface area contributed by atoms with Crippen LogP contribution >= 0.6 is 0 Å². The van der Waals surface area contributed by atoms with E-state index in [1.54, 1.807) is 0 Å². The van der Waals surface area contributed by atoms with E-state index in [4.69, 9.17) is 20.1 Å². The van der Waals surface area contributed by atoms with Crippen molar-refractivity contribution in [3.8, 4) is 23.0 Å². The number of phenolic OH excluding ortho intramolecular Hbond substituents is 3. The predicted molar refractivity (Wildman–Crippen MR) is 44.0 cm³/mol. The van der Waals surface area contributed by atoms with E-state index in [1.165, 1.54) is 12.1 Å². The van der Waals surface area contributed by atoms with E-state index in [0.717, 1.165) is 0 Å². The molecule has 0 aliphatic rings. The van der Waals surface area contributed by atoms with Crippen LogP contribution in [0.3, 0.4) is 0 Å². The van der Waals surface area contributed by atoms with Gasteiger partial charge >= 0.3 is 0 Å². The first-order chi connectivity index (χ1) is 6.16. The summed E-state index contributed by atoms with van der Waals surface area (Å²) in [5, 5.41) is 35.6. The van der Waals surface area contributed by atoms with Crippen molar-refractivity contribution in [2.75, 3.05) is 13.2 Å². The number of aliphatic hydroxyl groups is 1. The molecule has 0 saturated carbocycles. The third-order valence-corrected chi connectivity index (χ3v) is 1.44. The maximum absolute atomic E-state index is 9.19. The Hall–Kier alpha value is -1.62. The maximum Gasteiger partial charge on any atom is 0.204 e. The van der Waals surface area contributed by atoms with Gasteiger partial charge in [0.05, 0.1) is 6.61 Å². The third-order valence-electron chi connectivity index (χ3n) is 1.44. The Morgan fingerprint density at radius 3 is 2.38 bits per heavy atom. The largest absolute Gasteiger partial charge is 0.504 e. The zero-order chi connectivity index (χ0) is 9.84. The Kier molecular flexibility index (Phi) is 2.81. The van der Waals surface area contributed by atoms with Crippen LogP contribution in [0.15, 0.2) is 12.1 Å². The molecule has 0 aromatic heterocycles. The molecule has 5 heteroatoms. The molecule has 0 radical (unpaired) electrons. The summed E-state index contributed by atoms with van der Waals surface area (Å²) in [6.07, 6.45) is 0. The summed E-state index contributed by atoms with van der Waals surface area (Å²) < 4.78 is 4.85. The van der Waals surface area contributed by atoms with E-state index in [1.807, 2.05) is 0 Å². The number of aliphatic hydroxyl groups excluding tert-OH is 1. The number of hydrogen-bond acceptors (Lipinski definition) is 5. The smallest absolute Gasteiger partial charge is 0.204 e. The fourth-order valence-corrected chi connectivity index (χ4v) is 0.823. The van der Waals surface area contributed by atoms with Crippen molar-refractivity contribution in [3.05, 3.63) is 12.1 Å². The average molecular weight is 186 g/mol. The van der Waals surface area contributed by atoms with Gasteiger partial charge in [-0.2, -0.15) is 0 Å². The highest BCUT2D eigenvalue weighted by Gasteiger charge is 2.11. The molecule has 0 unspecified atom stereocenters. The lowest BCUT2D eigenvalue weighted by Gasteiger charge is -2.07. The number of aromatic hydroxyl groups is 3. The van der Waals surface area contributed by atoms with Gasteiger partial charge in [0.1, 0.15) is 6.61 Å². The van der Waals surface area contributed by atoms with Crippen molar-refractivity contribution >= 4 is 0 Å². The second-order valence-corrected chi connectivity index (χ2v) is 2.35. The first kappa shape index (κ1) is 9.47. The van der Waals surface area contributed by atoms with Crippen LogP contribution in [0.25, 0.3) is 0 Å². The predicted octanol–water partition coefficient (Wildman–Crippen LogP) is 0.174. The molecule has 0 amide bonds. The number of benzene rings is 1. The molecule has 0 aliphatic carbocycles. The van der Waals surface area contributed by atoms with Crippen molar-refractivity contribution in [2.45, 2.75) is 0 Å². The molecule has 5 nitrogen and oxygen atoms in total. The summed E-state index contributed by atoms with van der Waals surface area (Å²) in [5.74, 6) is -1.57. The van der Waals surface area contributed by atoms with Crippen molar-refractivity contribution in [2.24, 2.45) is 0 Å². The van der Waals surface area contributed by atoms with Gasteiger partial charge in [0.15, 0.2) is 11.5 Å². The monoisotopic (exact) mass is 186 g/mol. The highest BCUT2D eigenvalue weighted by atomic mass is 16.5. The van der Waals surface area contributed by atoms with Crippen molar-refractivity contribution in [1.29, 1.82) is 0 Å². The number of hydrogen-bond donors (Lipinski definition) is 4. The molecule has 72 valence electrons. The molecular weight excluding hydrogens is 176 g/mol. The Bertz CT molecular complexity index is 297. The Morgan fingerprint density at radius 1 is 1.08 bits per heavy atom. The zero-order valence-electron chi connectivity index (χ0n) is 6.77. The first-order valence-electron chi connectivity index (χ1n) is 3.64. The van der Waals surface area contributed by atoms with E-state index in [0.29, 0.717) is 0 Å². The van der Waals surface area contributed by atoms with Crippen molar-refractivity contribution in [1.82, 2.24) is 0 Å². The summed E-state index contributed by atoms with van der Waals surface area (Å²) in [4.78, 5) is 0. The van der Waals surface area contributed by atoms with Crippen LogP contribution in [-0.4, -0.2) is 33.6 Å². The number of rotatable bonds is 3. The van der Waals surface area contributed by atoms with E-state index in [9.17, 15) is 5.11 Å². The topological polar surface area (TPSA) is 90.2 Å². The van der Waals surface area contributed by atoms with Crippen molar-refractivity contribution < 1.29 is 25.2 Å². The van der Waals surface area contributed by atoms with E-state index in [2.05, 4.69) is 0 Å². The Balaban J connectivity index is 2.90. The third kappa shape index (κ3) is 1.94. The molecule has 0 fully saturated rings. The fourth-order valence-electron chi connectivity index (χ4n) is 0.823. The Morgan fingerprint density at radius 2 is 1.77 bits per heavy atom. The fraction of sp³-hybridized carbons (Fsp3) is 0.250. The van der Waals surface area contributed by atoms with Gasteiger partial charge in [-0.1, -0.05) is 0 Å². The van der Waals surface area contributed by atoms with Gasteiger partial charge in [0.2, 0.25) is 11.5 Å². The molecule has 0 heterocycles. The standard InChI is InChI=1S/C8H10O5/c9-3-4-13-6-2-1-5(10)7(11)8(6)12/h1-2,9-12H,3-4H2. The normalized spacial score (nSPS) is 9.92. The molecule has 0 aliphatic heterocycles. The second kappa shape index (κ2) is 3.86. The molecule has 1 rings (SSSR count). The van der Waals surface area contributed by atoms with Crippen LogP contribution in [0, 0.1) is 0 Å². The van der Waals surface area contributed by atoms with Crippen LogP contribution in [0.4, 0.5) is 0 Å². The number of phenols is 3.